The molecule has 90 valence electrons. The average molecular weight is 296 g/mol. The molecule has 5 aromatic rings. The monoisotopic (exact) mass is 296 g/mol. The van der Waals surface area contributed by atoms with Crippen molar-refractivity contribution in [3.8, 4) is 0 Å². The smallest absolute Gasteiger partial charge is 0.0642 e. The molecule has 0 saturated heterocycles. The number of hydrogen-bond donors (Lipinski definition) is 0. The van der Waals surface area contributed by atoms with Gasteiger partial charge in [0.05, 0.1) is 14.1 Å². The predicted octanol–water partition coefficient (Wildman–Crippen LogP) is 6.48. The fourth-order valence-electron chi connectivity index (χ4n) is 2.66. The molecule has 0 spiro atoms. The van der Waals surface area contributed by atoms with Crippen molar-refractivity contribution in [3.05, 3.63) is 47.8 Å². The molecule has 2 aromatic carbocycles. The Morgan fingerprint density at radius 2 is 1.47 bits per heavy atom. The van der Waals surface area contributed by atoms with Crippen LogP contribution in [0.4, 0.5) is 0 Å². The summed E-state index contributed by atoms with van der Waals surface area (Å²) in [5.74, 6) is 0. The van der Waals surface area contributed by atoms with Crippen LogP contribution in [-0.4, -0.2) is 0 Å². The van der Waals surface area contributed by atoms with Gasteiger partial charge in [0.1, 0.15) is 0 Å². The molecular formula is C16H8S3. The summed E-state index contributed by atoms with van der Waals surface area (Å²) in [6.07, 6.45) is 0. The molecule has 3 aromatic heterocycles. The second-order valence-electron chi connectivity index (χ2n) is 4.67. The highest BCUT2D eigenvalue weighted by Crippen LogP contribution is 2.46. The average Bonchev–Trinajstić information content (AvgIpc) is 3.07. The maximum Gasteiger partial charge on any atom is 0.0642 e. The van der Waals surface area contributed by atoms with E-state index < -0.39 is 0 Å². The number of hydrogen-bond acceptors (Lipinski definition) is 3. The van der Waals surface area contributed by atoms with Gasteiger partial charge in [0.25, 0.3) is 0 Å². The van der Waals surface area contributed by atoms with Gasteiger partial charge >= 0.3 is 0 Å². The van der Waals surface area contributed by atoms with Gasteiger partial charge in [-0.05, 0) is 34.4 Å². The molecule has 3 heterocycles. The first-order valence-electron chi connectivity index (χ1n) is 6.11. The van der Waals surface area contributed by atoms with E-state index in [0.717, 1.165) is 0 Å². The second-order valence-corrected chi connectivity index (χ2v) is 7.69. The molecule has 19 heavy (non-hydrogen) atoms. The van der Waals surface area contributed by atoms with Gasteiger partial charge in [0, 0.05) is 14.8 Å². The van der Waals surface area contributed by atoms with E-state index in [2.05, 4.69) is 47.8 Å². The van der Waals surface area contributed by atoms with E-state index in [4.69, 9.17) is 0 Å². The molecule has 0 bridgehead atoms. The van der Waals surface area contributed by atoms with Gasteiger partial charge in [-0.15, -0.1) is 34.0 Å². The van der Waals surface area contributed by atoms with Crippen LogP contribution in [0.5, 0.6) is 0 Å². The molecule has 0 fully saturated rings. The second kappa shape index (κ2) is 3.57. The summed E-state index contributed by atoms with van der Waals surface area (Å²) >= 11 is 5.74. The maximum atomic E-state index is 2.35. The van der Waals surface area contributed by atoms with Gasteiger partial charge in [0.2, 0.25) is 0 Å². The maximum absolute atomic E-state index is 2.35. The molecule has 3 heteroatoms. The SMILES string of the molecule is c1ccc2cc3c(cc2c1)sc1c2sccc2sc31. The predicted molar refractivity (Wildman–Crippen MR) is 90.1 cm³/mol. The Labute approximate surface area is 121 Å². The van der Waals surface area contributed by atoms with Crippen LogP contribution in [0.3, 0.4) is 0 Å². The lowest BCUT2D eigenvalue weighted by atomic mass is 10.1. The van der Waals surface area contributed by atoms with Gasteiger partial charge in [-0.1, -0.05) is 24.3 Å². The molecule has 0 aliphatic heterocycles. The van der Waals surface area contributed by atoms with E-state index in [0.29, 0.717) is 0 Å². The zero-order valence-electron chi connectivity index (χ0n) is 9.84. The Morgan fingerprint density at radius 1 is 0.684 bits per heavy atom. The van der Waals surface area contributed by atoms with Crippen molar-refractivity contribution < 1.29 is 0 Å². The third-order valence-corrected chi connectivity index (χ3v) is 7.24. The lowest BCUT2D eigenvalue weighted by molar-refractivity contribution is 1.82. The van der Waals surface area contributed by atoms with Crippen LogP contribution in [-0.2, 0) is 0 Å². The van der Waals surface area contributed by atoms with Crippen molar-refractivity contribution >= 4 is 73.7 Å². The first-order valence-corrected chi connectivity index (χ1v) is 8.62. The van der Waals surface area contributed by atoms with Gasteiger partial charge in [-0.3, -0.25) is 0 Å². The molecular weight excluding hydrogens is 288 g/mol. The Kier molecular flexibility index (Phi) is 1.95. The number of fused-ring (bicyclic) bond motifs is 6. The number of thiophene rings is 3. The molecule has 0 aliphatic carbocycles. The van der Waals surface area contributed by atoms with Crippen molar-refractivity contribution in [1.29, 1.82) is 0 Å². The Morgan fingerprint density at radius 3 is 2.37 bits per heavy atom. The third kappa shape index (κ3) is 1.32. The standard InChI is InChI=1S/C16H8S3/c1-2-4-10-8-13-11(7-9(10)3-1)14-16(19-13)15-12(18-14)5-6-17-15/h1-8H. The molecule has 5 rings (SSSR count). The highest BCUT2D eigenvalue weighted by Gasteiger charge is 2.13. The van der Waals surface area contributed by atoms with Crippen molar-refractivity contribution in [2.24, 2.45) is 0 Å². The lowest BCUT2D eigenvalue weighted by Crippen LogP contribution is -1.70. The van der Waals surface area contributed by atoms with Gasteiger partial charge < -0.3 is 0 Å². The van der Waals surface area contributed by atoms with Crippen LogP contribution in [0.2, 0.25) is 0 Å². The molecule has 0 aliphatic rings. The van der Waals surface area contributed by atoms with Gasteiger partial charge in [0.15, 0.2) is 0 Å². The van der Waals surface area contributed by atoms with Crippen molar-refractivity contribution in [1.82, 2.24) is 0 Å². The molecule has 0 nitrogen and oxygen atoms in total. The summed E-state index contributed by atoms with van der Waals surface area (Å²) < 4.78 is 7.25. The minimum Gasteiger partial charge on any atom is -0.141 e. The van der Waals surface area contributed by atoms with Crippen LogP contribution in [0.25, 0.3) is 39.7 Å². The van der Waals surface area contributed by atoms with Crippen LogP contribution >= 0.6 is 34.0 Å². The summed E-state index contributed by atoms with van der Waals surface area (Å²) in [5.41, 5.74) is 0. The first-order chi connectivity index (χ1) is 9.40. The zero-order chi connectivity index (χ0) is 12.4. The molecule has 0 atom stereocenters. The molecule has 0 N–H and O–H groups in total. The molecule has 0 amide bonds. The third-order valence-electron chi connectivity index (χ3n) is 3.56. The summed E-state index contributed by atoms with van der Waals surface area (Å²) in [4.78, 5) is 0. The highest BCUT2D eigenvalue weighted by molar-refractivity contribution is 7.40. The van der Waals surface area contributed by atoms with Gasteiger partial charge in [-0.2, -0.15) is 0 Å². The Balaban J connectivity index is 2.07. The summed E-state index contributed by atoms with van der Waals surface area (Å²) in [7, 11) is 0. The van der Waals surface area contributed by atoms with E-state index in [1.807, 2.05) is 34.0 Å². The Bertz CT molecular complexity index is 1060. The normalized spacial score (nSPS) is 12.2. The van der Waals surface area contributed by atoms with Gasteiger partial charge in [-0.25, -0.2) is 0 Å². The van der Waals surface area contributed by atoms with Crippen LogP contribution in [0.1, 0.15) is 0 Å². The van der Waals surface area contributed by atoms with Crippen molar-refractivity contribution in [3.63, 3.8) is 0 Å². The van der Waals surface area contributed by atoms with Crippen molar-refractivity contribution in [2.45, 2.75) is 0 Å². The zero-order valence-corrected chi connectivity index (χ0v) is 12.3. The summed E-state index contributed by atoms with van der Waals surface area (Å²) in [6.45, 7) is 0. The molecule has 0 radical (unpaired) electrons. The topological polar surface area (TPSA) is 0 Å². The van der Waals surface area contributed by atoms with Crippen LogP contribution in [0, 0.1) is 0 Å². The number of rotatable bonds is 0. The van der Waals surface area contributed by atoms with E-state index in [1.54, 1.807) is 0 Å². The van der Waals surface area contributed by atoms with Crippen LogP contribution in [0.15, 0.2) is 47.8 Å². The molecule has 0 unspecified atom stereocenters. The summed E-state index contributed by atoms with van der Waals surface area (Å²) in [6, 6.07) is 15.6. The molecule has 0 saturated carbocycles. The fourth-order valence-corrected chi connectivity index (χ4v) is 6.57. The minimum absolute atomic E-state index is 1.34. The fraction of sp³-hybridized carbons (Fsp3) is 0. The first kappa shape index (κ1) is 10.4. The lowest BCUT2D eigenvalue weighted by Gasteiger charge is -1.97. The van der Waals surface area contributed by atoms with Crippen molar-refractivity contribution in [2.75, 3.05) is 0 Å². The Hall–Kier alpha value is -1.42. The van der Waals surface area contributed by atoms with E-state index in [-0.39, 0.29) is 0 Å². The van der Waals surface area contributed by atoms with Crippen LogP contribution < -0.4 is 0 Å². The largest absolute Gasteiger partial charge is 0.141 e. The van der Waals surface area contributed by atoms with E-state index in [1.165, 1.54) is 39.7 Å². The number of benzene rings is 2. The highest BCUT2D eigenvalue weighted by atomic mass is 32.1. The summed E-state index contributed by atoms with van der Waals surface area (Å²) in [5, 5.41) is 6.30. The van der Waals surface area contributed by atoms with E-state index in [9.17, 15) is 0 Å². The minimum atomic E-state index is 1.34. The quantitative estimate of drug-likeness (QED) is 0.306. The van der Waals surface area contributed by atoms with E-state index >= 15 is 0 Å².